The fraction of sp³-hybridized carbons (Fsp3) is 0.400. The Morgan fingerprint density at radius 1 is 1.12 bits per heavy atom. The number of amides is 1. The third-order valence-corrected chi connectivity index (χ3v) is 4.82. The van der Waals surface area contributed by atoms with Crippen LogP contribution in [0.4, 0.5) is 4.39 Å². The van der Waals surface area contributed by atoms with E-state index >= 15 is 0 Å². The van der Waals surface area contributed by atoms with Crippen LogP contribution in [0.2, 0.25) is 0 Å². The second kappa shape index (κ2) is 6.82. The summed E-state index contributed by atoms with van der Waals surface area (Å²) in [6.07, 6.45) is 1.97. The van der Waals surface area contributed by atoms with Crippen LogP contribution in [-0.4, -0.2) is 36.0 Å². The Bertz CT molecular complexity index is 762. The number of hydrogen-bond donors (Lipinski definition) is 0. The maximum Gasteiger partial charge on any atom is 0.272 e. The first-order chi connectivity index (χ1) is 11.9. The van der Waals surface area contributed by atoms with Gasteiger partial charge in [-0.15, -0.1) is 0 Å². The molecule has 0 N–H and O–H groups in total. The fourth-order valence-electron chi connectivity index (χ4n) is 3.02. The fourth-order valence-corrected chi connectivity index (χ4v) is 3.02. The Balaban J connectivity index is 1.89. The minimum atomic E-state index is -0.314. The lowest BCUT2D eigenvalue weighted by atomic mass is 9.82. The van der Waals surface area contributed by atoms with Crippen molar-refractivity contribution in [3.63, 3.8) is 0 Å². The molecule has 0 spiro atoms. The molecule has 0 atom stereocenters. The average Bonchev–Trinajstić information content (AvgIpc) is 2.61. The Morgan fingerprint density at radius 3 is 2.36 bits per heavy atom. The van der Waals surface area contributed by atoms with Crippen LogP contribution in [-0.2, 0) is 0 Å². The molecule has 3 rings (SSSR count). The Morgan fingerprint density at radius 2 is 1.76 bits per heavy atom. The smallest absolute Gasteiger partial charge is 0.272 e. The molecule has 0 bridgehead atoms. The summed E-state index contributed by atoms with van der Waals surface area (Å²) in [7, 11) is 1.55. The van der Waals surface area contributed by atoms with E-state index in [1.165, 1.54) is 12.1 Å². The van der Waals surface area contributed by atoms with Gasteiger partial charge in [-0.25, -0.2) is 9.37 Å². The van der Waals surface area contributed by atoms with Crippen molar-refractivity contribution < 1.29 is 13.9 Å². The summed E-state index contributed by atoms with van der Waals surface area (Å²) >= 11 is 0. The first-order valence-electron chi connectivity index (χ1n) is 8.50. The number of aromatic nitrogens is 1. The highest BCUT2D eigenvalue weighted by Crippen LogP contribution is 2.31. The molecular formula is C20H23FN2O2. The Labute approximate surface area is 147 Å². The van der Waals surface area contributed by atoms with E-state index in [1.807, 2.05) is 4.90 Å². The zero-order chi connectivity index (χ0) is 18.0. The lowest BCUT2D eigenvalue weighted by molar-refractivity contribution is 0.0624. The van der Waals surface area contributed by atoms with Crippen LogP contribution < -0.4 is 4.74 Å². The molecule has 1 aromatic heterocycles. The van der Waals surface area contributed by atoms with E-state index in [4.69, 9.17) is 4.74 Å². The van der Waals surface area contributed by atoms with Crippen LogP contribution in [0.25, 0.3) is 11.3 Å². The topological polar surface area (TPSA) is 42.4 Å². The van der Waals surface area contributed by atoms with Crippen molar-refractivity contribution in [1.82, 2.24) is 9.88 Å². The molecule has 0 unspecified atom stereocenters. The SMILES string of the molecule is COc1ccc(C(=O)N2CCC(C)(C)CC2)nc1-c1ccc(F)cc1. The van der Waals surface area contributed by atoms with Gasteiger partial charge in [0.1, 0.15) is 23.0 Å². The quantitative estimate of drug-likeness (QED) is 0.841. The first kappa shape index (κ1) is 17.4. The van der Waals surface area contributed by atoms with E-state index in [0.717, 1.165) is 25.9 Å². The van der Waals surface area contributed by atoms with Gasteiger partial charge >= 0.3 is 0 Å². The Hall–Kier alpha value is -2.43. The number of carbonyl (C=O) groups excluding carboxylic acids is 1. The van der Waals surface area contributed by atoms with Crippen molar-refractivity contribution >= 4 is 5.91 Å². The first-order valence-corrected chi connectivity index (χ1v) is 8.50. The maximum absolute atomic E-state index is 13.2. The standard InChI is InChI=1S/C20H23FN2O2/c1-20(2)10-12-23(13-11-20)19(24)16-8-9-17(25-3)18(22-16)14-4-6-15(21)7-5-14/h4-9H,10-13H2,1-3H3. The van der Waals surface area contributed by atoms with E-state index in [1.54, 1.807) is 31.4 Å². The summed E-state index contributed by atoms with van der Waals surface area (Å²) in [5.41, 5.74) is 1.93. The lowest BCUT2D eigenvalue weighted by Crippen LogP contribution is -2.41. The number of methoxy groups -OCH3 is 1. The predicted molar refractivity (Wildman–Crippen MR) is 95.1 cm³/mol. The number of benzene rings is 1. The summed E-state index contributed by atoms with van der Waals surface area (Å²) in [5, 5.41) is 0. The summed E-state index contributed by atoms with van der Waals surface area (Å²) < 4.78 is 18.5. The lowest BCUT2D eigenvalue weighted by Gasteiger charge is -2.36. The largest absolute Gasteiger partial charge is 0.494 e. The van der Waals surface area contributed by atoms with Crippen molar-refractivity contribution in [2.75, 3.05) is 20.2 Å². The maximum atomic E-state index is 13.2. The number of hydrogen-bond acceptors (Lipinski definition) is 3. The van der Waals surface area contributed by atoms with E-state index in [2.05, 4.69) is 18.8 Å². The highest BCUT2D eigenvalue weighted by molar-refractivity contribution is 5.93. The number of nitrogens with zero attached hydrogens (tertiary/aromatic N) is 2. The molecule has 1 aliphatic rings. The molecule has 1 saturated heterocycles. The van der Waals surface area contributed by atoms with Gasteiger partial charge in [-0.2, -0.15) is 0 Å². The summed E-state index contributed by atoms with van der Waals surface area (Å²) in [5.74, 6) is 0.176. The number of carbonyl (C=O) groups is 1. The van der Waals surface area contributed by atoms with E-state index in [-0.39, 0.29) is 17.1 Å². The molecule has 132 valence electrons. The van der Waals surface area contributed by atoms with Crippen molar-refractivity contribution in [2.24, 2.45) is 5.41 Å². The second-order valence-corrected chi connectivity index (χ2v) is 7.21. The van der Waals surface area contributed by atoms with Gasteiger partial charge in [0.2, 0.25) is 0 Å². The summed E-state index contributed by atoms with van der Waals surface area (Å²) in [6.45, 7) is 5.94. The molecule has 5 heteroatoms. The van der Waals surface area contributed by atoms with Gasteiger partial charge in [-0.05, 0) is 54.7 Å². The van der Waals surface area contributed by atoms with Crippen molar-refractivity contribution in [1.29, 1.82) is 0 Å². The van der Waals surface area contributed by atoms with Gasteiger partial charge in [0.05, 0.1) is 7.11 Å². The number of pyridine rings is 1. The molecule has 1 amide bonds. The third kappa shape index (κ3) is 3.81. The molecular weight excluding hydrogens is 319 g/mol. The minimum Gasteiger partial charge on any atom is -0.494 e. The third-order valence-electron chi connectivity index (χ3n) is 4.82. The monoisotopic (exact) mass is 342 g/mol. The zero-order valence-corrected chi connectivity index (χ0v) is 14.9. The van der Waals surface area contributed by atoms with Gasteiger partial charge in [0.25, 0.3) is 5.91 Å². The number of rotatable bonds is 3. The van der Waals surface area contributed by atoms with Gasteiger partial charge in [0, 0.05) is 18.7 Å². The van der Waals surface area contributed by atoms with Crippen molar-refractivity contribution in [2.45, 2.75) is 26.7 Å². The predicted octanol–water partition coefficient (Wildman–Crippen LogP) is 4.16. The second-order valence-electron chi connectivity index (χ2n) is 7.21. The van der Waals surface area contributed by atoms with Gasteiger partial charge in [0.15, 0.2) is 0 Å². The minimum absolute atomic E-state index is 0.0680. The van der Waals surface area contributed by atoms with E-state index in [0.29, 0.717) is 22.7 Å². The molecule has 1 aliphatic heterocycles. The normalized spacial score (nSPS) is 16.6. The molecule has 1 aromatic carbocycles. The van der Waals surface area contributed by atoms with Gasteiger partial charge in [-0.3, -0.25) is 4.79 Å². The molecule has 0 aliphatic carbocycles. The van der Waals surface area contributed by atoms with E-state index in [9.17, 15) is 9.18 Å². The van der Waals surface area contributed by atoms with Crippen LogP contribution >= 0.6 is 0 Å². The molecule has 0 radical (unpaired) electrons. The highest BCUT2D eigenvalue weighted by atomic mass is 19.1. The van der Waals surface area contributed by atoms with E-state index < -0.39 is 0 Å². The van der Waals surface area contributed by atoms with Crippen LogP contribution in [0.1, 0.15) is 37.2 Å². The molecule has 0 saturated carbocycles. The number of ether oxygens (including phenoxy) is 1. The van der Waals surface area contributed by atoms with Crippen LogP contribution in [0.5, 0.6) is 5.75 Å². The summed E-state index contributed by atoms with van der Waals surface area (Å²) in [4.78, 5) is 19.2. The Kier molecular flexibility index (Phi) is 4.75. The van der Waals surface area contributed by atoms with Crippen LogP contribution in [0.3, 0.4) is 0 Å². The molecule has 2 aromatic rings. The van der Waals surface area contributed by atoms with Crippen LogP contribution in [0.15, 0.2) is 36.4 Å². The molecule has 25 heavy (non-hydrogen) atoms. The van der Waals surface area contributed by atoms with Gasteiger partial charge < -0.3 is 9.64 Å². The molecule has 2 heterocycles. The van der Waals surface area contributed by atoms with Gasteiger partial charge in [-0.1, -0.05) is 13.8 Å². The highest BCUT2D eigenvalue weighted by Gasteiger charge is 2.29. The summed E-state index contributed by atoms with van der Waals surface area (Å²) in [6, 6.07) is 9.45. The number of halogens is 1. The number of piperidine rings is 1. The van der Waals surface area contributed by atoms with Crippen LogP contribution in [0, 0.1) is 11.2 Å². The zero-order valence-electron chi connectivity index (χ0n) is 14.9. The molecule has 4 nitrogen and oxygen atoms in total. The van der Waals surface area contributed by atoms with Crippen molar-refractivity contribution in [3.8, 4) is 17.0 Å². The average molecular weight is 342 g/mol. The molecule has 1 fully saturated rings. The van der Waals surface area contributed by atoms with Crippen molar-refractivity contribution in [3.05, 3.63) is 47.9 Å². The number of likely N-dealkylation sites (tertiary alicyclic amines) is 1.